The number of aromatic hydroxyl groups is 1. The highest BCUT2D eigenvalue weighted by Crippen LogP contribution is 2.42. The van der Waals surface area contributed by atoms with Crippen molar-refractivity contribution in [3.8, 4) is 27.7 Å². The number of benzene rings is 3. The summed E-state index contributed by atoms with van der Waals surface area (Å²) in [6.45, 7) is 7.93. The molecule has 1 aliphatic heterocycles. The molecule has 478 valence electrons. The van der Waals surface area contributed by atoms with Crippen molar-refractivity contribution in [1.82, 2.24) is 4.90 Å². The molecule has 13 heteroatoms. The van der Waals surface area contributed by atoms with Crippen molar-refractivity contribution < 1.29 is 52.8 Å². The number of phenols is 1. The molecule has 1 aliphatic rings. The van der Waals surface area contributed by atoms with E-state index in [9.17, 15) is 29.1 Å². The third-order valence-electron chi connectivity index (χ3n) is 16.6. The van der Waals surface area contributed by atoms with Crippen LogP contribution in [0.2, 0.25) is 0 Å². The molecule has 0 radical (unpaired) electrons. The van der Waals surface area contributed by atoms with E-state index >= 15 is 0 Å². The van der Waals surface area contributed by atoms with Gasteiger partial charge in [-0.3, -0.25) is 28.9 Å². The predicted octanol–water partition coefficient (Wildman–Crippen LogP) is 19.4. The van der Waals surface area contributed by atoms with Crippen molar-refractivity contribution in [3.63, 3.8) is 0 Å². The maximum absolute atomic E-state index is 14.2. The van der Waals surface area contributed by atoms with Gasteiger partial charge in [0.15, 0.2) is 11.9 Å². The van der Waals surface area contributed by atoms with Crippen LogP contribution in [0.3, 0.4) is 0 Å². The number of hydrogen-bond acceptors (Lipinski definition) is 13. The summed E-state index contributed by atoms with van der Waals surface area (Å²) >= 11 is 1.43. The summed E-state index contributed by atoms with van der Waals surface area (Å²) < 4.78 is 29.4. The van der Waals surface area contributed by atoms with Crippen molar-refractivity contribution in [2.75, 3.05) is 39.5 Å². The summed E-state index contributed by atoms with van der Waals surface area (Å²) in [5, 5.41) is 11.1. The first kappa shape index (κ1) is 71.5. The Kier molecular flexibility index (Phi) is 37.5. The Hall–Kier alpha value is -5.27. The van der Waals surface area contributed by atoms with Gasteiger partial charge in [0, 0.05) is 58.3 Å². The predicted molar refractivity (Wildman–Crippen MR) is 350 cm³/mol. The first-order valence-corrected chi connectivity index (χ1v) is 35.0. The minimum Gasteiger partial charge on any atom is -0.508 e. The van der Waals surface area contributed by atoms with Crippen molar-refractivity contribution in [2.24, 2.45) is 0 Å². The zero-order valence-corrected chi connectivity index (χ0v) is 53.9. The topological polar surface area (TPSA) is 155 Å². The fourth-order valence-corrected chi connectivity index (χ4v) is 12.6. The van der Waals surface area contributed by atoms with Crippen LogP contribution in [0, 0.1) is 0 Å². The molecule has 1 fully saturated rings. The highest BCUT2D eigenvalue weighted by Gasteiger charge is 2.23. The van der Waals surface area contributed by atoms with Crippen LogP contribution in [0.1, 0.15) is 280 Å². The zero-order chi connectivity index (χ0) is 61.1. The summed E-state index contributed by atoms with van der Waals surface area (Å²) in [5.74, 6) is -0.243. The van der Waals surface area contributed by atoms with Gasteiger partial charge in [-0.25, -0.2) is 0 Å². The number of carbonyl (C=O) groups is 5. The third-order valence-corrected chi connectivity index (χ3v) is 17.8. The molecule has 1 aromatic heterocycles. The Morgan fingerprint density at radius 3 is 1.40 bits per heavy atom. The van der Waals surface area contributed by atoms with Gasteiger partial charge in [0.2, 0.25) is 0 Å². The quantitative estimate of drug-likeness (QED) is 0.0147. The third kappa shape index (κ3) is 30.6. The second-order valence-electron chi connectivity index (χ2n) is 24.2. The van der Waals surface area contributed by atoms with E-state index in [2.05, 4.69) is 18.7 Å². The molecule has 4 aromatic rings. The van der Waals surface area contributed by atoms with E-state index in [1.807, 2.05) is 24.3 Å². The monoisotopic (exact) mass is 1210 g/mol. The molecule has 1 N–H and O–H groups in total. The van der Waals surface area contributed by atoms with Crippen LogP contribution >= 0.6 is 11.3 Å². The molecule has 1 saturated heterocycles. The number of fused-ring (bicyclic) bond motifs is 1. The van der Waals surface area contributed by atoms with E-state index in [-0.39, 0.29) is 55.5 Å². The number of piperidine rings is 1. The summed E-state index contributed by atoms with van der Waals surface area (Å²) in [5.41, 5.74) is 1.89. The number of carbonyl (C=O) groups excluding carboxylic acids is 5. The molecule has 0 spiro atoms. The van der Waals surface area contributed by atoms with E-state index in [1.54, 1.807) is 42.5 Å². The number of esters is 4. The molecule has 2 heterocycles. The number of ether oxygens (including phenoxy) is 5. The highest BCUT2D eigenvalue weighted by molar-refractivity contribution is 7.22. The van der Waals surface area contributed by atoms with Crippen LogP contribution in [0.15, 0.2) is 66.7 Å². The number of ketones is 1. The van der Waals surface area contributed by atoms with E-state index in [0.29, 0.717) is 49.2 Å². The summed E-state index contributed by atoms with van der Waals surface area (Å²) in [6, 6.07) is 19.6. The average Bonchev–Trinajstić information content (AvgIpc) is 2.13. The maximum Gasteiger partial charge on any atom is 0.311 e. The second kappa shape index (κ2) is 45.1. The van der Waals surface area contributed by atoms with Crippen molar-refractivity contribution >= 4 is 51.1 Å². The number of thiophene rings is 1. The minimum atomic E-state index is -0.859. The SMILES string of the molecule is CCCCCCCCCCCCCCCC(=O)OCC(COC(=O)CCCCCCCCCCCCCCC)OC(=O)CCCCCCCCC(=O)Oc1ccc(-c2sc3cc(O)ccc3c2C(=O)c2ccc(OCCN3CCCCC3)cc2)cc1. The van der Waals surface area contributed by atoms with Gasteiger partial charge < -0.3 is 28.8 Å². The van der Waals surface area contributed by atoms with Crippen molar-refractivity contribution in [3.05, 3.63) is 77.9 Å². The number of hydrogen-bond donors (Lipinski definition) is 1. The van der Waals surface area contributed by atoms with E-state index < -0.39 is 12.1 Å². The summed E-state index contributed by atoms with van der Waals surface area (Å²) in [4.78, 5) is 68.9. The fraction of sp³-hybridized carbons (Fsp3) is 0.658. The Balaban J connectivity index is 0.970. The molecule has 0 saturated carbocycles. The normalized spacial score (nSPS) is 12.6. The maximum atomic E-state index is 14.2. The molecule has 3 aromatic carbocycles. The van der Waals surface area contributed by atoms with Crippen molar-refractivity contribution in [2.45, 2.75) is 270 Å². The lowest BCUT2D eigenvalue weighted by Crippen LogP contribution is -2.33. The lowest BCUT2D eigenvalue weighted by Gasteiger charge is -2.26. The first-order valence-electron chi connectivity index (χ1n) is 34.2. The van der Waals surface area contributed by atoms with Gasteiger partial charge in [0.1, 0.15) is 37.1 Å². The number of phenolic OH excluding ortho intramolecular Hbond substituents is 1. The molecule has 5 rings (SSSR count). The van der Waals surface area contributed by atoms with Crippen molar-refractivity contribution in [1.29, 1.82) is 0 Å². The second-order valence-corrected chi connectivity index (χ2v) is 25.2. The Morgan fingerprint density at radius 1 is 0.488 bits per heavy atom. The van der Waals surface area contributed by atoms with Crippen LogP contribution in [0.4, 0.5) is 0 Å². The molecule has 0 aliphatic carbocycles. The average molecular weight is 1210 g/mol. The molecule has 0 atom stereocenters. The van der Waals surface area contributed by atoms with Gasteiger partial charge in [0.25, 0.3) is 0 Å². The minimum absolute atomic E-state index is 0.124. The number of nitrogens with zero attached hydrogens (tertiary/aromatic N) is 1. The largest absolute Gasteiger partial charge is 0.508 e. The van der Waals surface area contributed by atoms with Gasteiger partial charge >= 0.3 is 23.9 Å². The standard InChI is InChI=1S/C73H109NO11S/c1-3-5-7-9-11-13-15-17-19-21-23-27-32-38-67(76)82-57-64(58-83-68(77)39-33-28-24-22-20-18-16-14-12-10-8-6-4-2)85-70(79)41-35-30-26-25-29-34-40-69(78)84-63-49-44-60(45-50-63)73-71(65-51-46-61(75)56-66(65)86-73)72(80)59-42-47-62(48-43-59)81-55-54-74-52-36-31-37-53-74/h42-51,56,64,75H,3-41,52-55,57-58H2,1-2H3. The molecular formula is C73H109NO11S. The molecule has 0 amide bonds. The van der Waals surface area contributed by atoms with Gasteiger partial charge in [-0.15, -0.1) is 11.3 Å². The van der Waals surface area contributed by atoms with E-state index in [1.165, 1.54) is 159 Å². The first-order chi connectivity index (χ1) is 42.1. The highest BCUT2D eigenvalue weighted by atomic mass is 32.1. The van der Waals surface area contributed by atoms with Gasteiger partial charge in [-0.1, -0.05) is 200 Å². The van der Waals surface area contributed by atoms with Crippen LogP contribution < -0.4 is 9.47 Å². The number of likely N-dealkylation sites (tertiary alicyclic amines) is 1. The van der Waals surface area contributed by atoms with Crippen LogP contribution in [0.5, 0.6) is 17.2 Å². The van der Waals surface area contributed by atoms with Gasteiger partial charge in [-0.2, -0.15) is 0 Å². The van der Waals surface area contributed by atoms with Crippen LogP contribution in [0.25, 0.3) is 20.5 Å². The zero-order valence-electron chi connectivity index (χ0n) is 53.1. The summed E-state index contributed by atoms with van der Waals surface area (Å²) in [6.07, 6.45) is 40.6. The van der Waals surface area contributed by atoms with E-state index in [0.717, 1.165) is 110 Å². The molecule has 0 unspecified atom stereocenters. The number of unbranched alkanes of at least 4 members (excludes halogenated alkanes) is 29. The Labute approximate surface area is 521 Å². The fourth-order valence-electron chi connectivity index (χ4n) is 11.4. The molecule has 86 heavy (non-hydrogen) atoms. The lowest BCUT2D eigenvalue weighted by molar-refractivity contribution is -0.167. The molecular weight excluding hydrogens is 1100 g/mol. The van der Waals surface area contributed by atoms with Crippen LogP contribution in [-0.4, -0.2) is 85.2 Å². The number of rotatable bonds is 50. The summed E-state index contributed by atoms with van der Waals surface area (Å²) in [7, 11) is 0. The van der Waals surface area contributed by atoms with Gasteiger partial charge in [0.05, 0.1) is 0 Å². The Bertz CT molecular complexity index is 2440. The van der Waals surface area contributed by atoms with E-state index in [4.69, 9.17) is 23.7 Å². The molecule has 12 nitrogen and oxygen atoms in total. The lowest BCUT2D eigenvalue weighted by atomic mass is 9.97. The smallest absolute Gasteiger partial charge is 0.311 e. The Morgan fingerprint density at radius 2 is 0.919 bits per heavy atom. The van der Waals surface area contributed by atoms with Gasteiger partial charge in [-0.05, 0) is 124 Å². The molecule has 0 bridgehead atoms. The van der Waals surface area contributed by atoms with Crippen LogP contribution in [-0.2, 0) is 33.4 Å².